The zero-order valence-electron chi connectivity index (χ0n) is 14.0. The van der Waals surface area contributed by atoms with Crippen LogP contribution < -0.4 is 5.32 Å². The summed E-state index contributed by atoms with van der Waals surface area (Å²) in [6.45, 7) is 2.55. The van der Waals surface area contributed by atoms with Crippen molar-refractivity contribution >= 4 is 40.3 Å². The summed E-state index contributed by atoms with van der Waals surface area (Å²) in [5, 5.41) is 3.55. The highest BCUT2D eigenvalue weighted by Crippen LogP contribution is 2.24. The van der Waals surface area contributed by atoms with Gasteiger partial charge in [0.05, 0.1) is 16.3 Å². The minimum Gasteiger partial charge on any atom is -0.355 e. The molecule has 130 valence electrons. The number of hydrogen-bond acceptors (Lipinski definition) is 3. The van der Waals surface area contributed by atoms with Gasteiger partial charge in [0.25, 0.3) is 0 Å². The number of carbonyl (C=O) groups excluding carboxylic acids is 1. The van der Waals surface area contributed by atoms with E-state index >= 15 is 0 Å². The van der Waals surface area contributed by atoms with E-state index in [0.717, 1.165) is 34.6 Å². The van der Waals surface area contributed by atoms with Crippen LogP contribution in [0.3, 0.4) is 0 Å². The highest BCUT2D eigenvalue weighted by atomic mass is 35.5. The second-order valence-electron chi connectivity index (χ2n) is 5.81. The number of aromatic amines is 1. The number of H-pyrrole nitrogens is 1. The standard InChI is InChI=1S/C19H20ClN3OS/c1-13(25-15-10-8-14(20)9-11-15)19(24)21-12-4-7-18-22-16-5-2-3-6-17(16)23-18/h2-3,5-6,8-11,13H,4,7,12H2,1H3,(H,21,24)(H,22,23). The van der Waals surface area contributed by atoms with E-state index in [0.29, 0.717) is 11.6 Å². The van der Waals surface area contributed by atoms with Crippen LogP contribution in [0.15, 0.2) is 53.4 Å². The van der Waals surface area contributed by atoms with Crippen LogP contribution >= 0.6 is 23.4 Å². The number of fused-ring (bicyclic) bond motifs is 1. The van der Waals surface area contributed by atoms with Gasteiger partial charge in [0.2, 0.25) is 5.91 Å². The van der Waals surface area contributed by atoms with Gasteiger partial charge in [-0.05, 0) is 49.7 Å². The van der Waals surface area contributed by atoms with Crippen LogP contribution in [0.1, 0.15) is 19.2 Å². The molecule has 1 amide bonds. The Kier molecular flexibility index (Phi) is 6.00. The van der Waals surface area contributed by atoms with Gasteiger partial charge in [0.15, 0.2) is 0 Å². The molecule has 0 aliphatic rings. The number of thioether (sulfide) groups is 1. The Morgan fingerprint density at radius 2 is 2.00 bits per heavy atom. The smallest absolute Gasteiger partial charge is 0.233 e. The van der Waals surface area contributed by atoms with Crippen LogP contribution in [-0.4, -0.2) is 27.7 Å². The molecule has 1 unspecified atom stereocenters. The monoisotopic (exact) mass is 373 g/mol. The second kappa shape index (κ2) is 8.41. The molecule has 2 N–H and O–H groups in total. The lowest BCUT2D eigenvalue weighted by Gasteiger charge is -2.11. The normalized spacial score (nSPS) is 12.2. The van der Waals surface area contributed by atoms with E-state index in [4.69, 9.17) is 11.6 Å². The van der Waals surface area contributed by atoms with E-state index in [-0.39, 0.29) is 11.2 Å². The molecule has 0 bridgehead atoms. The van der Waals surface area contributed by atoms with Gasteiger partial charge in [-0.1, -0.05) is 23.7 Å². The van der Waals surface area contributed by atoms with Gasteiger partial charge in [-0.15, -0.1) is 11.8 Å². The summed E-state index contributed by atoms with van der Waals surface area (Å²) in [7, 11) is 0. The number of aryl methyl sites for hydroxylation is 1. The average molecular weight is 374 g/mol. The Hall–Kier alpha value is -1.98. The summed E-state index contributed by atoms with van der Waals surface area (Å²) in [5.74, 6) is 1.00. The van der Waals surface area contributed by atoms with Crippen LogP contribution in [0.5, 0.6) is 0 Å². The van der Waals surface area contributed by atoms with Gasteiger partial charge in [0, 0.05) is 22.9 Å². The van der Waals surface area contributed by atoms with Crippen molar-refractivity contribution in [1.29, 1.82) is 0 Å². The maximum Gasteiger partial charge on any atom is 0.233 e. The maximum absolute atomic E-state index is 12.2. The quantitative estimate of drug-likeness (QED) is 0.475. The lowest BCUT2D eigenvalue weighted by atomic mass is 10.3. The van der Waals surface area contributed by atoms with E-state index in [1.54, 1.807) is 0 Å². The van der Waals surface area contributed by atoms with Crippen molar-refractivity contribution in [3.63, 3.8) is 0 Å². The minimum absolute atomic E-state index is 0.0459. The first-order chi connectivity index (χ1) is 12.1. The summed E-state index contributed by atoms with van der Waals surface area (Å²) in [6, 6.07) is 15.5. The molecule has 0 fully saturated rings. The molecule has 0 saturated heterocycles. The van der Waals surface area contributed by atoms with E-state index in [2.05, 4.69) is 15.3 Å². The second-order valence-corrected chi connectivity index (χ2v) is 7.66. The third-order valence-corrected chi connectivity index (χ3v) is 5.19. The topological polar surface area (TPSA) is 57.8 Å². The number of amides is 1. The molecule has 1 aromatic heterocycles. The van der Waals surface area contributed by atoms with Crippen molar-refractivity contribution in [3.05, 3.63) is 59.4 Å². The number of para-hydroxylation sites is 2. The SMILES string of the molecule is CC(Sc1ccc(Cl)cc1)C(=O)NCCCc1nc2ccccc2[nH]1. The average Bonchev–Trinajstić information content (AvgIpc) is 3.03. The van der Waals surface area contributed by atoms with Crippen molar-refractivity contribution in [2.45, 2.75) is 29.9 Å². The molecular weight excluding hydrogens is 354 g/mol. The van der Waals surface area contributed by atoms with Crippen molar-refractivity contribution in [2.24, 2.45) is 0 Å². The third kappa shape index (κ3) is 5.00. The number of carbonyl (C=O) groups is 1. The summed E-state index contributed by atoms with van der Waals surface area (Å²) in [6.07, 6.45) is 1.66. The van der Waals surface area contributed by atoms with Gasteiger partial charge >= 0.3 is 0 Å². The Balaban J connectivity index is 1.41. The van der Waals surface area contributed by atoms with E-state index < -0.39 is 0 Å². The number of aromatic nitrogens is 2. The summed E-state index contributed by atoms with van der Waals surface area (Å²) in [5.41, 5.74) is 2.03. The molecule has 1 atom stereocenters. The Morgan fingerprint density at radius 3 is 2.76 bits per heavy atom. The number of benzene rings is 2. The van der Waals surface area contributed by atoms with Gasteiger partial charge in [-0.25, -0.2) is 4.98 Å². The Bertz CT molecular complexity index is 814. The number of halogens is 1. The van der Waals surface area contributed by atoms with Crippen LogP contribution in [0.4, 0.5) is 0 Å². The molecule has 6 heteroatoms. The van der Waals surface area contributed by atoms with E-state index in [1.807, 2.05) is 55.5 Å². The van der Waals surface area contributed by atoms with Crippen molar-refractivity contribution in [1.82, 2.24) is 15.3 Å². The van der Waals surface area contributed by atoms with Gasteiger partial charge < -0.3 is 10.3 Å². The first-order valence-electron chi connectivity index (χ1n) is 8.25. The van der Waals surface area contributed by atoms with Crippen LogP contribution in [-0.2, 0) is 11.2 Å². The van der Waals surface area contributed by atoms with Crippen molar-refractivity contribution in [2.75, 3.05) is 6.54 Å². The molecule has 0 saturated carbocycles. The van der Waals surface area contributed by atoms with Crippen LogP contribution in [0, 0.1) is 0 Å². The van der Waals surface area contributed by atoms with E-state index in [9.17, 15) is 4.79 Å². The highest BCUT2D eigenvalue weighted by Gasteiger charge is 2.13. The largest absolute Gasteiger partial charge is 0.355 e. The van der Waals surface area contributed by atoms with Crippen molar-refractivity contribution in [3.8, 4) is 0 Å². The molecule has 0 spiro atoms. The van der Waals surface area contributed by atoms with Gasteiger partial charge in [0.1, 0.15) is 5.82 Å². The number of imidazole rings is 1. The maximum atomic E-state index is 12.2. The highest BCUT2D eigenvalue weighted by molar-refractivity contribution is 8.00. The third-order valence-electron chi connectivity index (χ3n) is 3.82. The van der Waals surface area contributed by atoms with Gasteiger partial charge in [-0.2, -0.15) is 0 Å². The molecule has 0 aliphatic carbocycles. The number of hydrogen-bond donors (Lipinski definition) is 2. The molecule has 3 rings (SSSR count). The lowest BCUT2D eigenvalue weighted by Crippen LogP contribution is -2.31. The Morgan fingerprint density at radius 1 is 1.24 bits per heavy atom. The Labute approximate surface area is 156 Å². The molecule has 0 aliphatic heterocycles. The number of rotatable bonds is 7. The lowest BCUT2D eigenvalue weighted by molar-refractivity contribution is -0.120. The molecular formula is C19H20ClN3OS. The molecule has 25 heavy (non-hydrogen) atoms. The zero-order valence-corrected chi connectivity index (χ0v) is 15.5. The summed E-state index contributed by atoms with van der Waals surface area (Å²) < 4.78 is 0. The van der Waals surface area contributed by atoms with E-state index in [1.165, 1.54) is 11.8 Å². The van der Waals surface area contributed by atoms with Crippen molar-refractivity contribution < 1.29 is 4.79 Å². The fraction of sp³-hybridized carbons (Fsp3) is 0.263. The zero-order chi connectivity index (χ0) is 17.6. The molecule has 2 aromatic carbocycles. The molecule has 4 nitrogen and oxygen atoms in total. The fourth-order valence-electron chi connectivity index (χ4n) is 2.51. The first-order valence-corrected chi connectivity index (χ1v) is 9.51. The first kappa shape index (κ1) is 17.8. The minimum atomic E-state index is -0.146. The summed E-state index contributed by atoms with van der Waals surface area (Å²) >= 11 is 7.40. The van der Waals surface area contributed by atoms with Crippen LogP contribution in [0.25, 0.3) is 11.0 Å². The molecule has 3 aromatic rings. The molecule has 0 radical (unpaired) electrons. The predicted octanol–water partition coefficient (Wildman–Crippen LogP) is 4.45. The number of nitrogens with one attached hydrogen (secondary N) is 2. The summed E-state index contributed by atoms with van der Waals surface area (Å²) in [4.78, 5) is 21.1. The predicted molar refractivity (Wildman–Crippen MR) is 104 cm³/mol. The molecule has 1 heterocycles. The number of nitrogens with zero attached hydrogens (tertiary/aromatic N) is 1. The fourth-order valence-corrected chi connectivity index (χ4v) is 3.52. The van der Waals surface area contributed by atoms with Gasteiger partial charge in [-0.3, -0.25) is 4.79 Å². The van der Waals surface area contributed by atoms with Crippen LogP contribution in [0.2, 0.25) is 5.02 Å².